The van der Waals surface area contributed by atoms with E-state index < -0.39 is 0 Å². The van der Waals surface area contributed by atoms with Gasteiger partial charge in [0.1, 0.15) is 5.01 Å². The van der Waals surface area contributed by atoms with Gasteiger partial charge in [-0.2, -0.15) is 0 Å². The number of amides is 1. The molecule has 1 amide bonds. The van der Waals surface area contributed by atoms with Crippen LogP contribution in [-0.4, -0.2) is 60.1 Å². The van der Waals surface area contributed by atoms with Crippen LogP contribution in [0.1, 0.15) is 43.5 Å². The lowest BCUT2D eigenvalue weighted by Crippen LogP contribution is -2.41. The topological polar surface area (TPSA) is 45.7 Å². The van der Waals surface area contributed by atoms with Gasteiger partial charge in [-0.25, -0.2) is 4.98 Å². The molecular formula is C19H29N3O2S. The largest absolute Gasteiger partial charge is 0.381 e. The van der Waals surface area contributed by atoms with Gasteiger partial charge in [0.15, 0.2) is 0 Å². The summed E-state index contributed by atoms with van der Waals surface area (Å²) in [7, 11) is 2.22. The van der Waals surface area contributed by atoms with Gasteiger partial charge in [0.05, 0.1) is 6.54 Å². The molecule has 0 unspecified atom stereocenters. The Kier molecular flexibility index (Phi) is 5.11. The minimum atomic E-state index is 0.357. The van der Waals surface area contributed by atoms with E-state index >= 15 is 0 Å². The SMILES string of the molecule is CN(Cc1nccs1)[C@H]1CC12CCN(C(=O)CC[C@H]1CCOC1)CC2. The number of hydrogen-bond acceptors (Lipinski definition) is 5. The molecule has 2 saturated heterocycles. The van der Waals surface area contributed by atoms with Crippen molar-refractivity contribution in [2.24, 2.45) is 11.3 Å². The summed E-state index contributed by atoms with van der Waals surface area (Å²) in [5, 5.41) is 3.25. The number of nitrogens with zero attached hydrogens (tertiary/aromatic N) is 3. The molecule has 1 aromatic rings. The third-order valence-electron chi connectivity index (χ3n) is 6.45. The Morgan fingerprint density at radius 3 is 3.00 bits per heavy atom. The van der Waals surface area contributed by atoms with Gasteiger partial charge in [-0.1, -0.05) is 0 Å². The number of carbonyl (C=O) groups is 1. The van der Waals surface area contributed by atoms with E-state index in [1.165, 1.54) is 11.4 Å². The molecule has 0 N–H and O–H groups in total. The first-order valence-corrected chi connectivity index (χ1v) is 10.5. The molecule has 3 heterocycles. The maximum absolute atomic E-state index is 12.5. The molecule has 0 aromatic carbocycles. The van der Waals surface area contributed by atoms with E-state index in [0.717, 1.165) is 58.5 Å². The summed E-state index contributed by atoms with van der Waals surface area (Å²) < 4.78 is 5.41. The van der Waals surface area contributed by atoms with Crippen LogP contribution in [0.2, 0.25) is 0 Å². The fraction of sp³-hybridized carbons (Fsp3) is 0.789. The van der Waals surface area contributed by atoms with Crippen molar-refractivity contribution >= 4 is 17.2 Å². The van der Waals surface area contributed by atoms with Crippen LogP contribution >= 0.6 is 11.3 Å². The second kappa shape index (κ2) is 7.33. The number of carbonyl (C=O) groups excluding carboxylic acids is 1. The second-order valence-corrected chi connectivity index (χ2v) is 9.05. The molecule has 4 rings (SSSR count). The first-order chi connectivity index (χ1) is 12.2. The molecule has 1 saturated carbocycles. The molecule has 6 heteroatoms. The van der Waals surface area contributed by atoms with E-state index in [1.54, 1.807) is 11.3 Å². The molecule has 25 heavy (non-hydrogen) atoms. The molecule has 2 aliphatic heterocycles. The highest BCUT2D eigenvalue weighted by molar-refractivity contribution is 7.09. The first-order valence-electron chi connectivity index (χ1n) is 9.60. The number of piperidine rings is 1. The number of thiazole rings is 1. The van der Waals surface area contributed by atoms with Crippen LogP contribution in [-0.2, 0) is 16.1 Å². The predicted octanol–water partition coefficient (Wildman–Crippen LogP) is 2.77. The molecule has 1 aromatic heterocycles. The lowest BCUT2D eigenvalue weighted by Gasteiger charge is -2.34. The summed E-state index contributed by atoms with van der Waals surface area (Å²) in [5.74, 6) is 0.961. The summed E-state index contributed by atoms with van der Waals surface area (Å²) in [4.78, 5) is 21.5. The van der Waals surface area contributed by atoms with Crippen molar-refractivity contribution in [2.75, 3.05) is 33.4 Å². The van der Waals surface area contributed by atoms with E-state index in [4.69, 9.17) is 4.74 Å². The molecule has 3 fully saturated rings. The number of hydrogen-bond donors (Lipinski definition) is 0. The maximum atomic E-state index is 12.5. The summed E-state index contributed by atoms with van der Waals surface area (Å²) in [6, 6.07) is 0.671. The highest BCUT2D eigenvalue weighted by Gasteiger charge is 2.56. The molecule has 1 aliphatic carbocycles. The van der Waals surface area contributed by atoms with Gasteiger partial charge in [-0.15, -0.1) is 11.3 Å². The monoisotopic (exact) mass is 363 g/mol. The van der Waals surface area contributed by atoms with E-state index in [0.29, 0.717) is 29.7 Å². The summed E-state index contributed by atoms with van der Waals surface area (Å²) in [5.41, 5.74) is 0.460. The van der Waals surface area contributed by atoms with Crippen LogP contribution < -0.4 is 0 Å². The number of aromatic nitrogens is 1. The normalized spacial score (nSPS) is 28.0. The Labute approximate surface area is 154 Å². The smallest absolute Gasteiger partial charge is 0.222 e. The number of ether oxygens (including phenoxy) is 1. The van der Waals surface area contributed by atoms with Gasteiger partial charge in [-0.3, -0.25) is 9.69 Å². The van der Waals surface area contributed by atoms with E-state index in [9.17, 15) is 4.79 Å². The number of rotatable bonds is 6. The quantitative estimate of drug-likeness (QED) is 0.780. The molecule has 3 aliphatic rings. The Hall–Kier alpha value is -0.980. The van der Waals surface area contributed by atoms with Crippen LogP contribution in [0.5, 0.6) is 0 Å². The zero-order chi connectivity index (χ0) is 17.3. The average Bonchev–Trinajstić information content (AvgIpc) is 3.04. The van der Waals surface area contributed by atoms with Crippen molar-refractivity contribution < 1.29 is 9.53 Å². The van der Waals surface area contributed by atoms with Crippen LogP contribution in [0.25, 0.3) is 0 Å². The highest BCUT2D eigenvalue weighted by Crippen LogP contribution is 2.56. The number of likely N-dealkylation sites (tertiary alicyclic amines) is 1. The third-order valence-corrected chi connectivity index (χ3v) is 7.21. The Morgan fingerprint density at radius 1 is 1.48 bits per heavy atom. The lowest BCUT2D eigenvalue weighted by atomic mass is 9.92. The summed E-state index contributed by atoms with van der Waals surface area (Å²) in [6.07, 6.45) is 8.34. The standard InChI is InChI=1S/C19H29N3O2S/c1-21(13-17-20-7-11-25-17)16-12-19(16)5-8-22(9-6-19)18(23)3-2-15-4-10-24-14-15/h7,11,15-16H,2-6,8-10,12-14H2,1H3/t15-,16-/m0/s1. The predicted molar refractivity (Wildman–Crippen MR) is 98.4 cm³/mol. The molecule has 5 nitrogen and oxygen atoms in total. The lowest BCUT2D eigenvalue weighted by molar-refractivity contribution is -0.133. The summed E-state index contributed by atoms with van der Waals surface area (Å²) in [6.45, 7) is 4.57. The Bertz CT molecular complexity index is 577. The van der Waals surface area contributed by atoms with Gasteiger partial charge in [-0.05, 0) is 50.5 Å². The van der Waals surface area contributed by atoms with Gasteiger partial charge in [0.2, 0.25) is 5.91 Å². The van der Waals surface area contributed by atoms with Gasteiger partial charge in [0, 0.05) is 50.3 Å². The molecule has 2 atom stereocenters. The van der Waals surface area contributed by atoms with Crippen LogP contribution in [0.3, 0.4) is 0 Å². The Balaban J connectivity index is 1.21. The summed E-state index contributed by atoms with van der Waals surface area (Å²) >= 11 is 1.74. The Morgan fingerprint density at radius 2 is 2.32 bits per heavy atom. The fourth-order valence-electron chi connectivity index (χ4n) is 4.64. The second-order valence-electron chi connectivity index (χ2n) is 8.07. The first kappa shape index (κ1) is 17.4. The van der Waals surface area contributed by atoms with Crippen molar-refractivity contribution in [3.63, 3.8) is 0 Å². The van der Waals surface area contributed by atoms with Crippen molar-refractivity contribution in [3.05, 3.63) is 16.6 Å². The van der Waals surface area contributed by atoms with Gasteiger partial charge >= 0.3 is 0 Å². The third kappa shape index (κ3) is 3.91. The highest BCUT2D eigenvalue weighted by atomic mass is 32.1. The molecular weight excluding hydrogens is 334 g/mol. The minimum absolute atomic E-state index is 0.357. The van der Waals surface area contributed by atoms with Crippen molar-refractivity contribution in [1.82, 2.24) is 14.8 Å². The van der Waals surface area contributed by atoms with Gasteiger partial charge < -0.3 is 9.64 Å². The van der Waals surface area contributed by atoms with E-state index in [1.807, 2.05) is 11.6 Å². The van der Waals surface area contributed by atoms with Crippen LogP contribution in [0.15, 0.2) is 11.6 Å². The van der Waals surface area contributed by atoms with Crippen molar-refractivity contribution in [1.29, 1.82) is 0 Å². The van der Waals surface area contributed by atoms with Crippen LogP contribution in [0.4, 0.5) is 0 Å². The molecule has 0 radical (unpaired) electrons. The average molecular weight is 364 g/mol. The zero-order valence-corrected chi connectivity index (χ0v) is 16.0. The van der Waals surface area contributed by atoms with E-state index in [2.05, 4.69) is 21.8 Å². The zero-order valence-electron chi connectivity index (χ0n) is 15.2. The molecule has 138 valence electrons. The van der Waals surface area contributed by atoms with Crippen molar-refractivity contribution in [3.8, 4) is 0 Å². The van der Waals surface area contributed by atoms with Crippen LogP contribution in [0, 0.1) is 11.3 Å². The molecule has 1 spiro atoms. The van der Waals surface area contributed by atoms with Gasteiger partial charge in [0.25, 0.3) is 0 Å². The maximum Gasteiger partial charge on any atom is 0.222 e. The molecule has 0 bridgehead atoms. The minimum Gasteiger partial charge on any atom is -0.381 e. The fourth-order valence-corrected chi connectivity index (χ4v) is 5.32. The van der Waals surface area contributed by atoms with E-state index in [-0.39, 0.29) is 0 Å². The van der Waals surface area contributed by atoms with Crippen molar-refractivity contribution in [2.45, 2.75) is 51.1 Å².